The van der Waals surface area contributed by atoms with E-state index in [1.54, 1.807) is 0 Å². The summed E-state index contributed by atoms with van der Waals surface area (Å²) in [7, 11) is 0. The van der Waals surface area contributed by atoms with E-state index >= 15 is 0 Å². The number of piperazine rings is 1. The molecular weight excluding hydrogens is 278 g/mol. The maximum atomic E-state index is 12.2. The van der Waals surface area contributed by atoms with Crippen molar-refractivity contribution in [3.63, 3.8) is 0 Å². The van der Waals surface area contributed by atoms with Gasteiger partial charge in [-0.2, -0.15) is 0 Å². The average Bonchev–Trinajstić information content (AvgIpc) is 2.47. The quantitative estimate of drug-likeness (QED) is 0.840. The molecule has 0 spiro atoms. The maximum absolute atomic E-state index is 12.2. The van der Waals surface area contributed by atoms with Crippen LogP contribution in [0.5, 0.6) is 0 Å². The summed E-state index contributed by atoms with van der Waals surface area (Å²) in [5, 5.41) is 5.84. The molecule has 2 fully saturated rings. The summed E-state index contributed by atoms with van der Waals surface area (Å²) in [6.07, 6.45) is 3.48. The zero-order chi connectivity index (χ0) is 15.4. The molecule has 1 aliphatic carbocycles. The van der Waals surface area contributed by atoms with Crippen molar-refractivity contribution in [2.24, 2.45) is 0 Å². The van der Waals surface area contributed by atoms with E-state index in [0.717, 1.165) is 19.4 Å². The highest BCUT2D eigenvalue weighted by Gasteiger charge is 2.38. The Balaban J connectivity index is 1.53. The molecule has 1 heterocycles. The highest BCUT2D eigenvalue weighted by molar-refractivity contribution is 5.81. The molecule has 0 unspecified atom stereocenters. The Kier molecular flexibility index (Phi) is 4.43. The molecule has 2 N–H and O–H groups in total. The summed E-state index contributed by atoms with van der Waals surface area (Å²) in [6, 6.07) is 10.4. The first kappa shape index (κ1) is 15.0. The van der Waals surface area contributed by atoms with Crippen LogP contribution in [-0.2, 0) is 15.0 Å². The van der Waals surface area contributed by atoms with Crippen molar-refractivity contribution < 1.29 is 9.59 Å². The van der Waals surface area contributed by atoms with E-state index in [2.05, 4.69) is 34.9 Å². The van der Waals surface area contributed by atoms with Crippen LogP contribution in [0.15, 0.2) is 30.3 Å². The fourth-order valence-electron chi connectivity index (χ4n) is 3.32. The van der Waals surface area contributed by atoms with Crippen LogP contribution in [0.2, 0.25) is 0 Å². The zero-order valence-corrected chi connectivity index (χ0v) is 12.8. The molecule has 118 valence electrons. The molecule has 5 nitrogen and oxygen atoms in total. The lowest BCUT2D eigenvalue weighted by Gasteiger charge is -2.42. The Morgan fingerprint density at radius 2 is 2.05 bits per heavy atom. The van der Waals surface area contributed by atoms with Crippen LogP contribution in [0.4, 0.5) is 0 Å². The van der Waals surface area contributed by atoms with E-state index in [1.165, 1.54) is 12.0 Å². The highest BCUT2D eigenvalue weighted by Crippen LogP contribution is 2.43. The molecule has 2 amide bonds. The Hall–Kier alpha value is -1.88. The van der Waals surface area contributed by atoms with Crippen LogP contribution in [0.3, 0.4) is 0 Å². The number of nitrogens with zero attached hydrogens (tertiary/aromatic N) is 1. The molecule has 0 atom stereocenters. The summed E-state index contributed by atoms with van der Waals surface area (Å²) < 4.78 is 0. The average molecular weight is 301 g/mol. The van der Waals surface area contributed by atoms with Gasteiger partial charge in [-0.25, -0.2) is 0 Å². The molecule has 2 aliphatic rings. The summed E-state index contributed by atoms with van der Waals surface area (Å²) >= 11 is 0. The van der Waals surface area contributed by atoms with Crippen LogP contribution in [0, 0.1) is 0 Å². The third-order valence-electron chi connectivity index (χ3n) is 4.81. The van der Waals surface area contributed by atoms with E-state index in [0.29, 0.717) is 26.2 Å². The standard InChI is InChI=1S/C17H23N3O2/c21-15-11-20(10-9-18-15)12-16(22)19-13-17(7-4-8-17)14-5-2-1-3-6-14/h1-3,5-6H,4,7-13H2,(H,18,21)(H,19,22). The molecule has 0 radical (unpaired) electrons. The van der Waals surface area contributed by atoms with Crippen LogP contribution in [-0.4, -0.2) is 49.4 Å². The van der Waals surface area contributed by atoms with Crippen LogP contribution in [0.25, 0.3) is 0 Å². The van der Waals surface area contributed by atoms with Gasteiger partial charge in [-0.1, -0.05) is 36.8 Å². The summed E-state index contributed by atoms with van der Waals surface area (Å²) in [5.74, 6) is 0.00991. The normalized spacial score (nSPS) is 20.8. The Labute approximate surface area is 131 Å². The number of benzene rings is 1. The largest absolute Gasteiger partial charge is 0.354 e. The summed E-state index contributed by atoms with van der Waals surface area (Å²) in [4.78, 5) is 25.4. The fraction of sp³-hybridized carbons (Fsp3) is 0.529. The van der Waals surface area contributed by atoms with Gasteiger partial charge in [0.1, 0.15) is 0 Å². The fourth-order valence-corrected chi connectivity index (χ4v) is 3.32. The second kappa shape index (κ2) is 6.48. The van der Waals surface area contributed by atoms with Gasteiger partial charge in [0.05, 0.1) is 13.1 Å². The van der Waals surface area contributed by atoms with Gasteiger partial charge in [-0.15, -0.1) is 0 Å². The topological polar surface area (TPSA) is 61.4 Å². The number of carbonyl (C=O) groups excluding carboxylic acids is 2. The van der Waals surface area contributed by atoms with Crippen molar-refractivity contribution in [1.82, 2.24) is 15.5 Å². The number of nitrogens with one attached hydrogen (secondary N) is 2. The third kappa shape index (κ3) is 3.30. The summed E-state index contributed by atoms with van der Waals surface area (Å²) in [5.41, 5.74) is 1.43. The van der Waals surface area contributed by atoms with E-state index in [-0.39, 0.29) is 17.2 Å². The Bertz CT molecular complexity index is 540. The molecule has 3 rings (SSSR count). The van der Waals surface area contributed by atoms with Crippen LogP contribution < -0.4 is 10.6 Å². The van der Waals surface area contributed by atoms with Crippen LogP contribution in [0.1, 0.15) is 24.8 Å². The molecule has 0 aromatic heterocycles. The molecule has 22 heavy (non-hydrogen) atoms. The van der Waals surface area contributed by atoms with Crippen molar-refractivity contribution >= 4 is 11.8 Å². The van der Waals surface area contributed by atoms with Gasteiger partial charge in [-0.05, 0) is 18.4 Å². The lowest BCUT2D eigenvalue weighted by atomic mass is 9.64. The van der Waals surface area contributed by atoms with E-state index in [4.69, 9.17) is 0 Å². The van der Waals surface area contributed by atoms with Gasteiger partial charge in [0.25, 0.3) is 0 Å². The number of amides is 2. The van der Waals surface area contributed by atoms with Gasteiger partial charge in [0.15, 0.2) is 0 Å². The lowest BCUT2D eigenvalue weighted by Crippen LogP contribution is -2.52. The van der Waals surface area contributed by atoms with Gasteiger partial charge in [-0.3, -0.25) is 14.5 Å². The molecule has 0 bridgehead atoms. The third-order valence-corrected chi connectivity index (χ3v) is 4.81. The molecule has 1 aliphatic heterocycles. The van der Waals surface area contributed by atoms with E-state index < -0.39 is 0 Å². The van der Waals surface area contributed by atoms with Crippen molar-refractivity contribution in [2.45, 2.75) is 24.7 Å². The van der Waals surface area contributed by atoms with Crippen molar-refractivity contribution in [3.8, 4) is 0 Å². The van der Waals surface area contributed by atoms with Crippen LogP contribution >= 0.6 is 0 Å². The minimum atomic E-state index is -0.00111. The van der Waals surface area contributed by atoms with Gasteiger partial charge in [0.2, 0.25) is 11.8 Å². The number of hydrogen-bond donors (Lipinski definition) is 2. The first-order valence-electron chi connectivity index (χ1n) is 7.99. The van der Waals surface area contributed by atoms with Gasteiger partial charge < -0.3 is 10.6 Å². The maximum Gasteiger partial charge on any atom is 0.234 e. The first-order chi connectivity index (χ1) is 10.7. The number of carbonyl (C=O) groups is 2. The highest BCUT2D eigenvalue weighted by atomic mass is 16.2. The van der Waals surface area contributed by atoms with Gasteiger partial charge >= 0.3 is 0 Å². The smallest absolute Gasteiger partial charge is 0.234 e. The second-order valence-corrected chi connectivity index (χ2v) is 6.34. The van der Waals surface area contributed by atoms with Crippen molar-refractivity contribution in [2.75, 3.05) is 32.7 Å². The predicted molar refractivity (Wildman–Crippen MR) is 84.4 cm³/mol. The molecule has 5 heteroatoms. The number of rotatable bonds is 5. The minimum absolute atomic E-state index is 0.00111. The monoisotopic (exact) mass is 301 g/mol. The Morgan fingerprint density at radius 1 is 1.27 bits per heavy atom. The zero-order valence-electron chi connectivity index (χ0n) is 12.8. The van der Waals surface area contributed by atoms with E-state index in [9.17, 15) is 9.59 Å². The molecule has 1 aromatic rings. The van der Waals surface area contributed by atoms with Gasteiger partial charge in [0, 0.05) is 25.0 Å². The molecule has 1 saturated heterocycles. The first-order valence-corrected chi connectivity index (χ1v) is 7.99. The van der Waals surface area contributed by atoms with Crippen molar-refractivity contribution in [1.29, 1.82) is 0 Å². The lowest BCUT2D eigenvalue weighted by molar-refractivity contribution is -0.127. The summed E-state index contributed by atoms with van der Waals surface area (Å²) in [6.45, 7) is 2.68. The van der Waals surface area contributed by atoms with E-state index in [1.807, 2.05) is 11.0 Å². The second-order valence-electron chi connectivity index (χ2n) is 6.34. The Morgan fingerprint density at radius 3 is 2.68 bits per heavy atom. The predicted octanol–water partition coefficient (Wildman–Crippen LogP) is 0.656. The molecule has 1 aromatic carbocycles. The molecular formula is C17H23N3O2. The molecule has 1 saturated carbocycles. The van der Waals surface area contributed by atoms with Crippen molar-refractivity contribution in [3.05, 3.63) is 35.9 Å². The number of hydrogen-bond acceptors (Lipinski definition) is 3. The minimum Gasteiger partial charge on any atom is -0.354 e. The SMILES string of the molecule is O=C1CN(CC(=O)NCC2(c3ccccc3)CCC2)CCN1.